The Morgan fingerprint density at radius 2 is 1.88 bits per heavy atom. The second-order valence-electron chi connectivity index (χ2n) is 6.07. The van der Waals surface area contributed by atoms with Crippen LogP contribution in [-0.2, 0) is 10.0 Å². The number of hydrogen-bond acceptors (Lipinski definition) is 4. The first-order valence-electron chi connectivity index (χ1n) is 8.30. The average molecular weight is 381 g/mol. The average Bonchev–Trinajstić information content (AvgIpc) is 2.89. The third-order valence-electron chi connectivity index (χ3n) is 4.51. The van der Waals surface area contributed by atoms with Crippen LogP contribution in [-0.4, -0.2) is 31.4 Å². The van der Waals surface area contributed by atoms with E-state index in [2.05, 4.69) is 4.98 Å². The summed E-state index contributed by atoms with van der Waals surface area (Å²) in [5.74, 6) is 0.758. The number of nitrogens with zero attached hydrogens (tertiary/aromatic N) is 2. The van der Waals surface area contributed by atoms with Gasteiger partial charge in [-0.3, -0.25) is 0 Å². The summed E-state index contributed by atoms with van der Waals surface area (Å²) in [7, 11) is -2.02. The van der Waals surface area contributed by atoms with E-state index in [0.29, 0.717) is 6.54 Å². The molecule has 1 aliphatic heterocycles. The van der Waals surface area contributed by atoms with E-state index in [9.17, 15) is 8.42 Å². The largest absolute Gasteiger partial charge is 0.497 e. The number of sulfonamides is 1. The predicted octanol–water partition coefficient (Wildman–Crippen LogP) is 4.05. The van der Waals surface area contributed by atoms with Gasteiger partial charge in [0.25, 0.3) is 0 Å². The quantitative estimate of drug-likeness (QED) is 0.751. The van der Waals surface area contributed by atoms with Crippen molar-refractivity contribution in [1.82, 2.24) is 9.29 Å². The molecule has 5 nitrogen and oxygen atoms in total. The van der Waals surface area contributed by atoms with E-state index in [4.69, 9.17) is 16.3 Å². The van der Waals surface area contributed by atoms with E-state index in [-0.39, 0.29) is 16.1 Å². The van der Waals surface area contributed by atoms with Crippen LogP contribution in [0.2, 0.25) is 5.15 Å². The number of hydrogen-bond donors (Lipinski definition) is 0. The molecule has 0 bridgehead atoms. The number of ether oxygens (including phenoxy) is 1. The number of methoxy groups -OCH3 is 1. The molecular formula is C18H21ClN2O3S. The molecular weight excluding hydrogens is 360 g/mol. The Morgan fingerprint density at radius 1 is 1.12 bits per heavy atom. The fourth-order valence-electron chi connectivity index (χ4n) is 3.18. The Kier molecular flexibility index (Phi) is 5.61. The molecule has 7 heteroatoms. The highest BCUT2D eigenvalue weighted by molar-refractivity contribution is 7.89. The molecule has 1 aromatic carbocycles. The molecule has 1 atom stereocenters. The van der Waals surface area contributed by atoms with Crippen LogP contribution >= 0.6 is 11.6 Å². The highest BCUT2D eigenvalue weighted by Crippen LogP contribution is 2.35. The Morgan fingerprint density at radius 3 is 2.52 bits per heavy atom. The third-order valence-corrected chi connectivity index (χ3v) is 6.63. The number of pyridine rings is 1. The lowest BCUT2D eigenvalue weighted by molar-refractivity contribution is 0.328. The van der Waals surface area contributed by atoms with Crippen LogP contribution in [0.25, 0.3) is 0 Å². The van der Waals surface area contributed by atoms with Crippen LogP contribution < -0.4 is 4.74 Å². The van der Waals surface area contributed by atoms with Gasteiger partial charge in [-0.1, -0.05) is 36.6 Å². The highest BCUT2D eigenvalue weighted by Gasteiger charge is 2.33. The van der Waals surface area contributed by atoms with E-state index >= 15 is 0 Å². The van der Waals surface area contributed by atoms with E-state index in [1.807, 2.05) is 24.3 Å². The highest BCUT2D eigenvalue weighted by atomic mass is 35.5. The zero-order valence-corrected chi connectivity index (χ0v) is 15.6. The summed E-state index contributed by atoms with van der Waals surface area (Å²) in [4.78, 5) is 4.11. The molecule has 134 valence electrons. The van der Waals surface area contributed by atoms with Crippen molar-refractivity contribution in [3.05, 3.63) is 53.3 Å². The van der Waals surface area contributed by atoms with Crippen LogP contribution in [0.1, 0.15) is 37.3 Å². The van der Waals surface area contributed by atoms with Gasteiger partial charge in [0, 0.05) is 12.7 Å². The van der Waals surface area contributed by atoms with Crippen molar-refractivity contribution in [2.45, 2.75) is 36.6 Å². The first kappa shape index (κ1) is 18.2. The number of halogens is 1. The Balaban J connectivity index is 1.98. The molecule has 1 saturated heterocycles. The lowest BCUT2D eigenvalue weighted by Gasteiger charge is -2.29. The van der Waals surface area contributed by atoms with E-state index in [1.165, 1.54) is 18.3 Å². The van der Waals surface area contributed by atoms with E-state index in [0.717, 1.165) is 37.0 Å². The lowest BCUT2D eigenvalue weighted by Crippen LogP contribution is -2.34. The van der Waals surface area contributed by atoms with E-state index in [1.54, 1.807) is 11.4 Å². The minimum absolute atomic E-state index is 0.178. The molecule has 1 fully saturated rings. The summed E-state index contributed by atoms with van der Waals surface area (Å²) in [5, 5.41) is 0.279. The molecule has 0 amide bonds. The maximum Gasteiger partial charge on any atom is 0.245 e. The summed E-state index contributed by atoms with van der Waals surface area (Å²) in [6.07, 6.45) is 5.01. The molecule has 0 unspecified atom stereocenters. The minimum Gasteiger partial charge on any atom is -0.497 e. The Hall–Kier alpha value is -1.63. The third kappa shape index (κ3) is 3.97. The van der Waals surface area contributed by atoms with Gasteiger partial charge < -0.3 is 4.74 Å². The molecule has 0 saturated carbocycles. The van der Waals surface area contributed by atoms with Crippen molar-refractivity contribution in [3.63, 3.8) is 0 Å². The molecule has 1 aliphatic rings. The maximum atomic E-state index is 13.2. The lowest BCUT2D eigenvalue weighted by atomic mass is 10.0. The molecule has 0 spiro atoms. The first-order chi connectivity index (χ1) is 12.0. The van der Waals surface area contributed by atoms with Crippen molar-refractivity contribution in [3.8, 4) is 5.75 Å². The van der Waals surface area contributed by atoms with Crippen LogP contribution in [0, 0.1) is 0 Å². The van der Waals surface area contributed by atoms with Crippen LogP contribution in [0.4, 0.5) is 0 Å². The van der Waals surface area contributed by atoms with E-state index < -0.39 is 10.0 Å². The molecule has 3 rings (SSSR count). The second kappa shape index (κ2) is 7.72. The summed E-state index contributed by atoms with van der Waals surface area (Å²) >= 11 is 5.80. The number of rotatable bonds is 4. The van der Waals surface area contributed by atoms with Crippen LogP contribution in [0.3, 0.4) is 0 Å². The van der Waals surface area contributed by atoms with Crippen molar-refractivity contribution in [2.75, 3.05) is 13.7 Å². The van der Waals surface area contributed by atoms with Gasteiger partial charge in [-0.15, -0.1) is 0 Å². The molecule has 1 aromatic heterocycles. The van der Waals surface area contributed by atoms with Crippen LogP contribution in [0.15, 0.2) is 47.5 Å². The molecule has 2 heterocycles. The monoisotopic (exact) mass is 380 g/mol. The Labute approximate surface area is 153 Å². The van der Waals surface area contributed by atoms with Gasteiger partial charge in [0.2, 0.25) is 10.0 Å². The first-order valence-corrected chi connectivity index (χ1v) is 10.1. The van der Waals surface area contributed by atoms with Gasteiger partial charge in [-0.2, -0.15) is 4.31 Å². The molecule has 2 aromatic rings. The fraction of sp³-hybridized carbons (Fsp3) is 0.389. The van der Waals surface area contributed by atoms with Crippen molar-refractivity contribution < 1.29 is 13.2 Å². The van der Waals surface area contributed by atoms with Crippen molar-refractivity contribution in [2.24, 2.45) is 0 Å². The van der Waals surface area contributed by atoms with Gasteiger partial charge in [-0.25, -0.2) is 13.4 Å². The number of benzene rings is 1. The Bertz CT molecular complexity index is 807. The van der Waals surface area contributed by atoms with Gasteiger partial charge in [-0.05, 0) is 42.7 Å². The SMILES string of the molecule is COc1ccc([C@@H]2CCCCCN2S(=O)(=O)c2ccc(Cl)nc2)cc1. The van der Waals surface area contributed by atoms with Gasteiger partial charge in [0.15, 0.2) is 0 Å². The smallest absolute Gasteiger partial charge is 0.245 e. The minimum atomic E-state index is -3.63. The predicted molar refractivity (Wildman–Crippen MR) is 97.3 cm³/mol. The molecule has 0 aliphatic carbocycles. The summed E-state index contributed by atoms with van der Waals surface area (Å²) in [6, 6.07) is 10.5. The standard InChI is InChI=1S/C18H21ClN2O3S/c1-24-15-8-6-14(7-9-15)17-5-3-2-4-12-21(17)25(22,23)16-10-11-18(19)20-13-16/h6-11,13,17H,2-5,12H2,1H3/t17-/m0/s1. The summed E-state index contributed by atoms with van der Waals surface area (Å²) in [6.45, 7) is 0.502. The van der Waals surface area contributed by atoms with Crippen LogP contribution in [0.5, 0.6) is 5.75 Å². The zero-order chi connectivity index (χ0) is 17.9. The van der Waals surface area contributed by atoms with Crippen molar-refractivity contribution >= 4 is 21.6 Å². The second-order valence-corrected chi connectivity index (χ2v) is 8.35. The normalized spacial score (nSPS) is 19.4. The fourth-order valence-corrected chi connectivity index (χ4v) is 4.92. The summed E-state index contributed by atoms with van der Waals surface area (Å²) in [5.41, 5.74) is 0.980. The van der Waals surface area contributed by atoms with Gasteiger partial charge in [0.1, 0.15) is 15.8 Å². The molecule has 0 N–H and O–H groups in total. The van der Waals surface area contributed by atoms with Gasteiger partial charge >= 0.3 is 0 Å². The number of aromatic nitrogens is 1. The topological polar surface area (TPSA) is 59.5 Å². The maximum absolute atomic E-state index is 13.2. The molecule has 0 radical (unpaired) electrons. The molecule has 25 heavy (non-hydrogen) atoms. The summed E-state index contributed by atoms with van der Waals surface area (Å²) < 4.78 is 33.2. The van der Waals surface area contributed by atoms with Crippen molar-refractivity contribution in [1.29, 1.82) is 0 Å². The zero-order valence-electron chi connectivity index (χ0n) is 14.1. The van der Waals surface area contributed by atoms with Gasteiger partial charge in [0.05, 0.1) is 13.2 Å².